The lowest BCUT2D eigenvalue weighted by Crippen LogP contribution is -2.35. The van der Waals surface area contributed by atoms with Crippen LogP contribution in [0.4, 0.5) is 0 Å². The Hall–Kier alpha value is -1.07. The fraction of sp³-hybridized carbons (Fsp3) is 0.500. The molecule has 1 aliphatic heterocycles. The summed E-state index contributed by atoms with van der Waals surface area (Å²) < 4.78 is 16.6. The van der Waals surface area contributed by atoms with Crippen LogP contribution in [0.2, 0.25) is 0 Å². The molecular formula is C12H17NO3S. The van der Waals surface area contributed by atoms with E-state index < -0.39 is 10.8 Å². The van der Waals surface area contributed by atoms with E-state index in [-0.39, 0.29) is 17.8 Å². The maximum absolute atomic E-state index is 11.1. The Morgan fingerprint density at radius 2 is 2.41 bits per heavy atom. The molecule has 0 amide bonds. The standard InChI is InChI=1S/C12H17NO3S/c1-8(7-17(2)15)13-11-6-16-12-5-9(14)3-4-10(11)12/h3-5,8,11,13-14H,6-7H2,1-2H3. The monoisotopic (exact) mass is 255 g/mol. The first-order valence-corrected chi connectivity index (χ1v) is 7.31. The van der Waals surface area contributed by atoms with E-state index >= 15 is 0 Å². The van der Waals surface area contributed by atoms with E-state index in [0.29, 0.717) is 12.4 Å². The Kier molecular flexibility index (Phi) is 3.69. The van der Waals surface area contributed by atoms with Crippen LogP contribution in [0.5, 0.6) is 11.5 Å². The maximum Gasteiger partial charge on any atom is 0.127 e. The third kappa shape index (κ3) is 2.98. The highest BCUT2D eigenvalue weighted by molar-refractivity contribution is 7.84. The summed E-state index contributed by atoms with van der Waals surface area (Å²) in [4.78, 5) is 0. The van der Waals surface area contributed by atoms with Gasteiger partial charge in [-0.05, 0) is 19.1 Å². The van der Waals surface area contributed by atoms with Crippen molar-refractivity contribution in [3.05, 3.63) is 23.8 Å². The molecule has 2 rings (SSSR count). The predicted molar refractivity (Wildman–Crippen MR) is 67.9 cm³/mol. The third-order valence-corrected chi connectivity index (χ3v) is 3.72. The van der Waals surface area contributed by atoms with Crippen LogP contribution < -0.4 is 10.1 Å². The number of aromatic hydroxyl groups is 1. The fourth-order valence-corrected chi connectivity index (χ4v) is 2.88. The lowest BCUT2D eigenvalue weighted by molar-refractivity contribution is 0.302. The first-order chi connectivity index (χ1) is 8.06. The summed E-state index contributed by atoms with van der Waals surface area (Å²) in [5, 5.41) is 12.7. The zero-order valence-corrected chi connectivity index (χ0v) is 10.8. The van der Waals surface area contributed by atoms with Crippen LogP contribution in [0.3, 0.4) is 0 Å². The van der Waals surface area contributed by atoms with Crippen molar-refractivity contribution < 1.29 is 14.1 Å². The smallest absolute Gasteiger partial charge is 0.127 e. The van der Waals surface area contributed by atoms with Crippen molar-refractivity contribution in [3.8, 4) is 11.5 Å². The van der Waals surface area contributed by atoms with Gasteiger partial charge in [0, 0.05) is 40.5 Å². The second kappa shape index (κ2) is 5.06. The quantitative estimate of drug-likeness (QED) is 0.848. The molecule has 1 aromatic rings. The molecule has 17 heavy (non-hydrogen) atoms. The van der Waals surface area contributed by atoms with Gasteiger partial charge in [0.1, 0.15) is 18.1 Å². The average molecular weight is 255 g/mol. The Balaban J connectivity index is 2.04. The predicted octanol–water partition coefficient (Wildman–Crippen LogP) is 1.18. The van der Waals surface area contributed by atoms with E-state index in [9.17, 15) is 9.32 Å². The van der Waals surface area contributed by atoms with Gasteiger partial charge in [-0.3, -0.25) is 4.21 Å². The van der Waals surface area contributed by atoms with Gasteiger partial charge < -0.3 is 15.2 Å². The summed E-state index contributed by atoms with van der Waals surface area (Å²) in [5.41, 5.74) is 1.05. The van der Waals surface area contributed by atoms with Gasteiger partial charge in [-0.2, -0.15) is 0 Å². The van der Waals surface area contributed by atoms with Gasteiger partial charge in [0.2, 0.25) is 0 Å². The second-order valence-corrected chi connectivity index (χ2v) is 5.87. The molecule has 0 fully saturated rings. The molecule has 0 saturated carbocycles. The number of phenolic OH excluding ortho intramolecular Hbond substituents is 1. The highest BCUT2D eigenvalue weighted by Crippen LogP contribution is 2.34. The molecule has 0 aromatic heterocycles. The molecule has 3 unspecified atom stereocenters. The van der Waals surface area contributed by atoms with Gasteiger partial charge in [0.05, 0.1) is 6.04 Å². The van der Waals surface area contributed by atoms with E-state index in [1.54, 1.807) is 18.4 Å². The largest absolute Gasteiger partial charge is 0.508 e. The van der Waals surface area contributed by atoms with Crippen LogP contribution in [0.1, 0.15) is 18.5 Å². The van der Waals surface area contributed by atoms with E-state index in [1.807, 2.05) is 13.0 Å². The number of nitrogens with one attached hydrogen (secondary N) is 1. The van der Waals surface area contributed by atoms with Crippen LogP contribution in [-0.2, 0) is 10.8 Å². The molecule has 0 saturated heterocycles. The average Bonchev–Trinajstić information content (AvgIpc) is 2.59. The minimum atomic E-state index is -0.800. The van der Waals surface area contributed by atoms with Gasteiger partial charge in [-0.15, -0.1) is 0 Å². The van der Waals surface area contributed by atoms with Crippen LogP contribution in [0.15, 0.2) is 18.2 Å². The number of ether oxygens (including phenoxy) is 1. The van der Waals surface area contributed by atoms with E-state index in [4.69, 9.17) is 4.74 Å². The number of fused-ring (bicyclic) bond motifs is 1. The molecule has 2 N–H and O–H groups in total. The Morgan fingerprint density at radius 1 is 1.65 bits per heavy atom. The zero-order valence-electron chi connectivity index (χ0n) is 9.97. The Morgan fingerprint density at radius 3 is 3.12 bits per heavy atom. The second-order valence-electron chi connectivity index (χ2n) is 4.39. The van der Waals surface area contributed by atoms with Gasteiger partial charge >= 0.3 is 0 Å². The van der Waals surface area contributed by atoms with Crippen LogP contribution in [0, 0.1) is 0 Å². The van der Waals surface area contributed by atoms with Crippen LogP contribution in [-0.4, -0.2) is 34.0 Å². The molecule has 0 radical (unpaired) electrons. The maximum atomic E-state index is 11.1. The fourth-order valence-electron chi connectivity index (χ4n) is 2.08. The molecule has 1 aliphatic rings. The van der Waals surface area contributed by atoms with Crippen molar-refractivity contribution in [2.45, 2.75) is 19.0 Å². The molecule has 94 valence electrons. The Labute approximate surface area is 103 Å². The number of hydrogen-bond donors (Lipinski definition) is 2. The summed E-state index contributed by atoms with van der Waals surface area (Å²) in [6.07, 6.45) is 1.70. The molecule has 0 spiro atoms. The molecule has 5 heteroatoms. The molecule has 3 atom stereocenters. The van der Waals surface area contributed by atoms with Gasteiger partial charge in [0.25, 0.3) is 0 Å². The number of phenols is 1. The highest BCUT2D eigenvalue weighted by Gasteiger charge is 2.25. The van der Waals surface area contributed by atoms with Crippen molar-refractivity contribution in [1.29, 1.82) is 0 Å². The molecule has 4 nitrogen and oxygen atoms in total. The molecule has 0 bridgehead atoms. The van der Waals surface area contributed by atoms with Gasteiger partial charge in [-0.1, -0.05) is 0 Å². The number of hydrogen-bond acceptors (Lipinski definition) is 4. The van der Waals surface area contributed by atoms with Gasteiger partial charge in [0.15, 0.2) is 0 Å². The minimum Gasteiger partial charge on any atom is -0.508 e. The molecular weight excluding hydrogens is 238 g/mol. The molecule has 1 heterocycles. The van der Waals surface area contributed by atoms with Crippen molar-refractivity contribution in [1.82, 2.24) is 5.32 Å². The third-order valence-electron chi connectivity index (χ3n) is 2.75. The first-order valence-electron chi connectivity index (χ1n) is 5.58. The van der Waals surface area contributed by atoms with Crippen molar-refractivity contribution >= 4 is 10.8 Å². The van der Waals surface area contributed by atoms with Crippen LogP contribution >= 0.6 is 0 Å². The number of benzene rings is 1. The summed E-state index contributed by atoms with van der Waals surface area (Å²) >= 11 is 0. The van der Waals surface area contributed by atoms with E-state index in [0.717, 1.165) is 11.3 Å². The summed E-state index contributed by atoms with van der Waals surface area (Å²) in [6, 6.07) is 5.44. The Bertz CT molecular complexity index is 436. The minimum absolute atomic E-state index is 0.115. The SMILES string of the molecule is CC(CS(C)=O)NC1COc2cc(O)ccc21. The normalized spacial score (nSPS) is 21.6. The van der Waals surface area contributed by atoms with Crippen molar-refractivity contribution in [2.75, 3.05) is 18.6 Å². The van der Waals surface area contributed by atoms with Crippen molar-refractivity contribution in [2.24, 2.45) is 0 Å². The van der Waals surface area contributed by atoms with Crippen LogP contribution in [0.25, 0.3) is 0 Å². The zero-order chi connectivity index (χ0) is 12.4. The van der Waals surface area contributed by atoms with E-state index in [2.05, 4.69) is 5.32 Å². The summed E-state index contributed by atoms with van der Waals surface area (Å²) in [6.45, 7) is 2.57. The van der Waals surface area contributed by atoms with E-state index in [1.165, 1.54) is 0 Å². The highest BCUT2D eigenvalue weighted by atomic mass is 32.2. The lowest BCUT2D eigenvalue weighted by atomic mass is 10.1. The topological polar surface area (TPSA) is 58.6 Å². The van der Waals surface area contributed by atoms with Crippen molar-refractivity contribution in [3.63, 3.8) is 0 Å². The van der Waals surface area contributed by atoms with Gasteiger partial charge in [-0.25, -0.2) is 0 Å². The number of rotatable bonds is 4. The molecule has 0 aliphatic carbocycles. The summed E-state index contributed by atoms with van der Waals surface area (Å²) in [5.74, 6) is 1.57. The summed E-state index contributed by atoms with van der Waals surface area (Å²) in [7, 11) is -0.800. The first kappa shape index (κ1) is 12.4. The lowest BCUT2D eigenvalue weighted by Gasteiger charge is -2.17. The molecule has 1 aromatic carbocycles.